The monoisotopic (exact) mass is 449 g/mol. The van der Waals surface area contributed by atoms with Crippen molar-refractivity contribution in [2.24, 2.45) is 58.2 Å². The van der Waals surface area contributed by atoms with Gasteiger partial charge in [0.15, 0.2) is 5.78 Å². The van der Waals surface area contributed by atoms with Gasteiger partial charge in [-0.1, -0.05) is 20.3 Å². The summed E-state index contributed by atoms with van der Waals surface area (Å²) in [7, 11) is 1.91. The lowest BCUT2D eigenvalue weighted by molar-refractivity contribution is -0.160. The van der Waals surface area contributed by atoms with Gasteiger partial charge >= 0.3 is 0 Å². The number of Topliss-reactive ketones (excluding diaryl/α,β-unsaturated/α-hetero) is 1. The highest BCUT2D eigenvalue weighted by Gasteiger charge is 2.72. The van der Waals surface area contributed by atoms with E-state index >= 15 is 0 Å². The molecule has 33 heavy (non-hydrogen) atoms. The van der Waals surface area contributed by atoms with E-state index in [1.54, 1.807) is 17.1 Å². The van der Waals surface area contributed by atoms with Gasteiger partial charge in [-0.05, 0) is 97.2 Å². The number of rotatable bonds is 5. The molecule has 5 aliphatic rings. The Balaban J connectivity index is 1.27. The SMILES string of the molecule is COCC12CCC(C)CC1CCC1C3C4CC4C(C(=O)Cn4cc(C#N)cn4)C3(C)CCC12. The number of ketones is 1. The molecule has 0 radical (unpaired) electrons. The van der Waals surface area contributed by atoms with Gasteiger partial charge in [0.05, 0.1) is 24.9 Å². The van der Waals surface area contributed by atoms with Crippen molar-refractivity contribution in [1.29, 1.82) is 5.26 Å². The van der Waals surface area contributed by atoms with Gasteiger partial charge in [0.25, 0.3) is 0 Å². The van der Waals surface area contributed by atoms with Crippen LogP contribution in [0.4, 0.5) is 0 Å². The Morgan fingerprint density at radius 2 is 2.06 bits per heavy atom. The number of carbonyl (C=O) groups excluding carboxylic acids is 1. The molecular weight excluding hydrogens is 410 g/mol. The standard InChI is InChI=1S/C28H39N3O2/c1-17-6-9-28(16-33-3)19(10-17)4-5-20-23(28)7-8-27(2)25(20)21-11-22(21)26(27)24(32)15-31-14-18(12-29)13-30-31/h13-14,17,19-23,25-26H,4-11,15-16H2,1-3H3. The summed E-state index contributed by atoms with van der Waals surface area (Å²) >= 11 is 0. The van der Waals surface area contributed by atoms with Gasteiger partial charge in [-0.15, -0.1) is 0 Å². The van der Waals surface area contributed by atoms with Crippen LogP contribution in [0.15, 0.2) is 12.4 Å². The van der Waals surface area contributed by atoms with Gasteiger partial charge in [-0.3, -0.25) is 9.48 Å². The van der Waals surface area contributed by atoms with E-state index in [2.05, 4.69) is 25.0 Å². The molecule has 10 unspecified atom stereocenters. The van der Waals surface area contributed by atoms with E-state index in [4.69, 9.17) is 10.00 Å². The molecular formula is C28H39N3O2. The van der Waals surface area contributed by atoms with Crippen LogP contribution >= 0.6 is 0 Å². The molecule has 0 bridgehead atoms. The van der Waals surface area contributed by atoms with Gasteiger partial charge in [-0.2, -0.15) is 10.4 Å². The molecule has 5 nitrogen and oxygen atoms in total. The minimum atomic E-state index is 0.139. The molecule has 1 aromatic rings. The predicted octanol–water partition coefficient (Wildman–Crippen LogP) is 5.10. The van der Waals surface area contributed by atoms with Crippen molar-refractivity contribution in [3.05, 3.63) is 18.0 Å². The number of hydrogen-bond acceptors (Lipinski definition) is 4. The van der Waals surface area contributed by atoms with Crippen LogP contribution in [0.5, 0.6) is 0 Å². The van der Waals surface area contributed by atoms with Crippen LogP contribution in [-0.4, -0.2) is 29.3 Å². The predicted molar refractivity (Wildman–Crippen MR) is 125 cm³/mol. The van der Waals surface area contributed by atoms with Gasteiger partial charge in [-0.25, -0.2) is 0 Å². The quantitative estimate of drug-likeness (QED) is 0.627. The van der Waals surface area contributed by atoms with Crippen LogP contribution in [0.25, 0.3) is 0 Å². The lowest BCUT2D eigenvalue weighted by atomic mass is 9.43. The number of ether oxygens (including phenoxy) is 1. The molecule has 0 N–H and O–H groups in total. The van der Waals surface area contributed by atoms with Gasteiger partial charge < -0.3 is 4.74 Å². The van der Waals surface area contributed by atoms with Crippen LogP contribution in [0.2, 0.25) is 0 Å². The molecule has 0 amide bonds. The molecule has 1 aromatic heterocycles. The van der Waals surface area contributed by atoms with Crippen LogP contribution in [-0.2, 0) is 16.1 Å². The fourth-order valence-corrected chi connectivity index (χ4v) is 10.2. The average Bonchev–Trinajstić information content (AvgIpc) is 3.30. The van der Waals surface area contributed by atoms with Crippen molar-refractivity contribution in [2.45, 2.75) is 71.8 Å². The number of hydrogen-bond donors (Lipinski definition) is 0. The molecule has 5 fully saturated rings. The summed E-state index contributed by atoms with van der Waals surface area (Å²) in [5.41, 5.74) is 1.05. The van der Waals surface area contributed by atoms with Crippen LogP contribution in [0, 0.1) is 69.5 Å². The summed E-state index contributed by atoms with van der Waals surface area (Å²) in [6.45, 7) is 6.16. The van der Waals surface area contributed by atoms with E-state index in [9.17, 15) is 4.79 Å². The highest BCUT2D eigenvalue weighted by atomic mass is 16.5. The molecule has 0 spiro atoms. The van der Waals surface area contributed by atoms with Gasteiger partial charge in [0.1, 0.15) is 6.07 Å². The zero-order valence-corrected chi connectivity index (χ0v) is 20.5. The third-order valence-corrected chi connectivity index (χ3v) is 11.3. The van der Waals surface area contributed by atoms with E-state index < -0.39 is 0 Å². The van der Waals surface area contributed by atoms with Crippen molar-refractivity contribution < 1.29 is 9.53 Å². The Hall–Kier alpha value is -1.67. The maximum atomic E-state index is 13.6. The smallest absolute Gasteiger partial charge is 0.158 e. The normalized spacial score (nSPS) is 47.6. The summed E-state index contributed by atoms with van der Waals surface area (Å²) in [6, 6.07) is 2.13. The second-order valence-corrected chi connectivity index (χ2v) is 12.7. The number of methoxy groups -OCH3 is 1. The van der Waals surface area contributed by atoms with E-state index in [0.29, 0.717) is 35.1 Å². The first-order valence-corrected chi connectivity index (χ1v) is 13.4. The molecule has 10 atom stereocenters. The number of aromatic nitrogens is 2. The number of fused-ring (bicyclic) bond motifs is 7. The van der Waals surface area contributed by atoms with Crippen LogP contribution in [0.3, 0.4) is 0 Å². The Labute approximate surface area is 198 Å². The van der Waals surface area contributed by atoms with Gasteiger partial charge in [0.2, 0.25) is 0 Å². The third-order valence-electron chi connectivity index (χ3n) is 11.3. The summed E-state index contributed by atoms with van der Waals surface area (Å²) in [6.07, 6.45) is 13.8. The van der Waals surface area contributed by atoms with Gasteiger partial charge in [0, 0.05) is 19.2 Å². The number of carbonyl (C=O) groups is 1. The lowest BCUT2D eigenvalue weighted by Crippen LogP contribution is -2.57. The Morgan fingerprint density at radius 3 is 2.82 bits per heavy atom. The number of nitrogens with zero attached hydrogens (tertiary/aromatic N) is 3. The van der Waals surface area contributed by atoms with Crippen molar-refractivity contribution in [2.75, 3.05) is 13.7 Å². The Morgan fingerprint density at radius 1 is 1.21 bits per heavy atom. The van der Waals surface area contributed by atoms with E-state index in [1.165, 1.54) is 51.4 Å². The van der Waals surface area contributed by atoms with Crippen molar-refractivity contribution >= 4 is 5.78 Å². The summed E-state index contributed by atoms with van der Waals surface area (Å²) in [5.74, 6) is 5.80. The second-order valence-electron chi connectivity index (χ2n) is 12.7. The Kier molecular flexibility index (Phi) is 5.07. The highest BCUT2D eigenvalue weighted by molar-refractivity contribution is 5.83. The molecule has 0 aliphatic heterocycles. The first kappa shape index (κ1) is 21.8. The van der Waals surface area contributed by atoms with Crippen LogP contribution in [0.1, 0.15) is 70.8 Å². The first-order valence-electron chi connectivity index (χ1n) is 13.4. The largest absolute Gasteiger partial charge is 0.384 e. The Bertz CT molecular complexity index is 980. The third kappa shape index (κ3) is 3.12. The molecule has 5 heteroatoms. The zero-order valence-electron chi connectivity index (χ0n) is 20.5. The maximum absolute atomic E-state index is 13.6. The maximum Gasteiger partial charge on any atom is 0.158 e. The molecule has 1 heterocycles. The molecule has 6 rings (SSSR count). The highest BCUT2D eigenvalue weighted by Crippen LogP contribution is 2.76. The fraction of sp³-hybridized carbons (Fsp3) is 0.821. The van der Waals surface area contributed by atoms with E-state index in [1.807, 2.05) is 7.11 Å². The molecule has 0 saturated heterocycles. The average molecular weight is 450 g/mol. The van der Waals surface area contributed by atoms with Crippen molar-refractivity contribution in [3.63, 3.8) is 0 Å². The molecule has 5 aliphatic carbocycles. The zero-order chi connectivity index (χ0) is 23.0. The van der Waals surface area contributed by atoms with E-state index in [0.717, 1.165) is 36.2 Å². The minimum Gasteiger partial charge on any atom is -0.384 e. The fourth-order valence-electron chi connectivity index (χ4n) is 10.2. The summed E-state index contributed by atoms with van der Waals surface area (Å²) in [5, 5.41) is 13.4. The van der Waals surface area contributed by atoms with Crippen LogP contribution < -0.4 is 0 Å². The number of nitriles is 1. The topological polar surface area (TPSA) is 67.9 Å². The molecule has 0 aromatic carbocycles. The first-order chi connectivity index (χ1) is 15.9. The minimum absolute atomic E-state index is 0.139. The van der Waals surface area contributed by atoms with E-state index in [-0.39, 0.29) is 11.3 Å². The van der Waals surface area contributed by atoms with Crippen molar-refractivity contribution in [3.8, 4) is 6.07 Å². The lowest BCUT2D eigenvalue weighted by Gasteiger charge is -2.62. The summed E-state index contributed by atoms with van der Waals surface area (Å²) < 4.78 is 7.63. The molecule has 5 saturated carbocycles. The van der Waals surface area contributed by atoms with Crippen molar-refractivity contribution in [1.82, 2.24) is 9.78 Å². The summed E-state index contributed by atoms with van der Waals surface area (Å²) in [4.78, 5) is 13.6. The molecule has 178 valence electrons. The second kappa shape index (κ2) is 7.67.